The topological polar surface area (TPSA) is 67.6 Å². The Labute approximate surface area is 116 Å². The van der Waals surface area contributed by atoms with Crippen molar-refractivity contribution in [1.29, 1.82) is 0 Å². The highest BCUT2D eigenvalue weighted by atomic mass is 35.7. The molecular formula is C12H16ClNO4S. The van der Waals surface area contributed by atoms with Crippen LogP contribution in [0, 0.1) is 12.8 Å². The second-order valence-corrected chi connectivity index (χ2v) is 7.48. The molecule has 0 atom stereocenters. The van der Waals surface area contributed by atoms with Crippen LogP contribution in [0.2, 0.25) is 0 Å². The van der Waals surface area contributed by atoms with Crippen LogP contribution in [0.5, 0.6) is 0 Å². The summed E-state index contributed by atoms with van der Waals surface area (Å²) >= 11 is 0. The molecular weight excluding hydrogens is 290 g/mol. The molecule has 1 saturated heterocycles. The van der Waals surface area contributed by atoms with Gasteiger partial charge in [0.15, 0.2) is 5.76 Å². The molecule has 1 aromatic rings. The molecule has 1 aliphatic heterocycles. The van der Waals surface area contributed by atoms with E-state index in [0.29, 0.717) is 19.0 Å². The Morgan fingerprint density at radius 1 is 1.42 bits per heavy atom. The molecule has 0 spiro atoms. The van der Waals surface area contributed by atoms with Crippen LogP contribution < -0.4 is 0 Å². The van der Waals surface area contributed by atoms with Gasteiger partial charge in [0.2, 0.25) is 0 Å². The van der Waals surface area contributed by atoms with Crippen LogP contribution in [0.1, 0.15) is 36.1 Å². The fourth-order valence-electron chi connectivity index (χ4n) is 2.18. The number of carbonyl (C=O) groups excluding carboxylic acids is 1. The number of rotatable bonds is 2. The first-order valence-corrected chi connectivity index (χ1v) is 8.44. The second-order valence-electron chi connectivity index (χ2n) is 4.94. The maximum atomic E-state index is 12.2. The normalized spacial score (nSPS) is 17.7. The van der Waals surface area contributed by atoms with E-state index in [-0.39, 0.29) is 22.3 Å². The molecule has 1 aromatic heterocycles. The first-order chi connectivity index (χ1) is 8.79. The third-order valence-corrected chi connectivity index (χ3v) is 4.85. The lowest BCUT2D eigenvalue weighted by atomic mass is 9.99. The minimum Gasteiger partial charge on any atom is -0.455 e. The van der Waals surface area contributed by atoms with Crippen LogP contribution in [-0.2, 0) is 9.05 Å². The van der Waals surface area contributed by atoms with Gasteiger partial charge in [-0.15, -0.1) is 0 Å². The summed E-state index contributed by atoms with van der Waals surface area (Å²) in [5.41, 5.74) is 0. The number of likely N-dealkylation sites (tertiary alicyclic amines) is 1. The molecule has 5 nitrogen and oxygen atoms in total. The van der Waals surface area contributed by atoms with Crippen molar-refractivity contribution < 1.29 is 17.6 Å². The van der Waals surface area contributed by atoms with E-state index in [1.807, 2.05) is 0 Å². The molecule has 7 heteroatoms. The minimum absolute atomic E-state index is 0.0336. The highest BCUT2D eigenvalue weighted by Gasteiger charge is 2.27. The largest absolute Gasteiger partial charge is 0.455 e. The van der Waals surface area contributed by atoms with E-state index >= 15 is 0 Å². The number of amides is 1. The Balaban J connectivity index is 2.21. The molecule has 0 unspecified atom stereocenters. The summed E-state index contributed by atoms with van der Waals surface area (Å²) < 4.78 is 27.8. The van der Waals surface area contributed by atoms with Gasteiger partial charge in [-0.3, -0.25) is 4.79 Å². The summed E-state index contributed by atoms with van der Waals surface area (Å²) in [7, 11) is 1.40. The summed E-state index contributed by atoms with van der Waals surface area (Å²) in [6, 6.07) is 1.21. The highest BCUT2D eigenvalue weighted by molar-refractivity contribution is 8.13. The third kappa shape index (κ3) is 3.12. The van der Waals surface area contributed by atoms with Crippen LogP contribution in [-0.4, -0.2) is 32.3 Å². The lowest BCUT2D eigenvalue weighted by Gasteiger charge is -2.29. The van der Waals surface area contributed by atoms with Gasteiger partial charge in [0.1, 0.15) is 10.7 Å². The number of carbonyl (C=O) groups is 1. The molecule has 19 heavy (non-hydrogen) atoms. The standard InChI is InChI=1S/C12H16ClNO4S/c1-8-3-5-14(6-4-8)12(15)10-7-11(9(2)18-10)19(13,16)17/h7-8H,3-6H2,1-2H3. The van der Waals surface area contributed by atoms with Crippen LogP contribution in [0.3, 0.4) is 0 Å². The second kappa shape index (κ2) is 5.17. The zero-order valence-electron chi connectivity index (χ0n) is 10.8. The summed E-state index contributed by atoms with van der Waals surface area (Å²) in [5, 5.41) is 0. The fourth-order valence-corrected chi connectivity index (χ4v) is 3.27. The molecule has 1 amide bonds. The highest BCUT2D eigenvalue weighted by Crippen LogP contribution is 2.25. The summed E-state index contributed by atoms with van der Waals surface area (Å²) in [6.07, 6.45) is 1.90. The zero-order valence-corrected chi connectivity index (χ0v) is 12.4. The number of hydrogen-bond donors (Lipinski definition) is 0. The van der Waals surface area contributed by atoms with Crippen molar-refractivity contribution in [3.8, 4) is 0 Å². The van der Waals surface area contributed by atoms with Crippen molar-refractivity contribution in [3.05, 3.63) is 17.6 Å². The van der Waals surface area contributed by atoms with Crippen LogP contribution >= 0.6 is 10.7 Å². The van der Waals surface area contributed by atoms with Crippen molar-refractivity contribution in [2.75, 3.05) is 13.1 Å². The van der Waals surface area contributed by atoms with E-state index in [1.54, 1.807) is 4.90 Å². The van der Waals surface area contributed by atoms with E-state index in [4.69, 9.17) is 15.1 Å². The number of piperidine rings is 1. The molecule has 0 bridgehead atoms. The van der Waals surface area contributed by atoms with Crippen LogP contribution in [0.4, 0.5) is 0 Å². The van der Waals surface area contributed by atoms with Gasteiger partial charge in [-0.2, -0.15) is 0 Å². The zero-order chi connectivity index (χ0) is 14.2. The Morgan fingerprint density at radius 2 is 2.00 bits per heavy atom. The van der Waals surface area contributed by atoms with Gasteiger partial charge in [0.25, 0.3) is 15.0 Å². The lowest BCUT2D eigenvalue weighted by Crippen LogP contribution is -2.37. The summed E-state index contributed by atoms with van der Waals surface area (Å²) in [6.45, 7) is 4.97. The SMILES string of the molecule is Cc1oc(C(=O)N2CCC(C)CC2)cc1S(=O)(=O)Cl. The van der Waals surface area contributed by atoms with Crippen molar-refractivity contribution in [3.63, 3.8) is 0 Å². The van der Waals surface area contributed by atoms with Gasteiger partial charge in [-0.05, 0) is 25.7 Å². The molecule has 2 rings (SSSR count). The van der Waals surface area contributed by atoms with E-state index < -0.39 is 9.05 Å². The molecule has 106 valence electrons. The lowest BCUT2D eigenvalue weighted by molar-refractivity contribution is 0.0663. The molecule has 0 aliphatic carbocycles. The Kier molecular flexibility index (Phi) is 3.92. The maximum Gasteiger partial charge on any atom is 0.289 e. The van der Waals surface area contributed by atoms with Crippen molar-refractivity contribution in [2.24, 2.45) is 5.92 Å². The van der Waals surface area contributed by atoms with E-state index in [2.05, 4.69) is 6.92 Å². The first-order valence-electron chi connectivity index (χ1n) is 6.13. The molecule has 0 N–H and O–H groups in total. The predicted octanol–water partition coefficient (Wildman–Crippen LogP) is 2.39. The minimum atomic E-state index is -3.88. The average molecular weight is 306 g/mol. The van der Waals surface area contributed by atoms with Gasteiger partial charge < -0.3 is 9.32 Å². The Hall–Kier alpha value is -1.01. The van der Waals surface area contributed by atoms with Crippen molar-refractivity contribution in [1.82, 2.24) is 4.90 Å². The fraction of sp³-hybridized carbons (Fsp3) is 0.583. The number of halogens is 1. The van der Waals surface area contributed by atoms with Gasteiger partial charge in [-0.25, -0.2) is 8.42 Å². The molecule has 0 aromatic carbocycles. The molecule has 1 aliphatic rings. The van der Waals surface area contributed by atoms with E-state index in [1.165, 1.54) is 13.0 Å². The van der Waals surface area contributed by atoms with Crippen LogP contribution in [0.15, 0.2) is 15.4 Å². The van der Waals surface area contributed by atoms with Crippen LogP contribution in [0.25, 0.3) is 0 Å². The smallest absolute Gasteiger partial charge is 0.289 e. The summed E-state index contributed by atoms with van der Waals surface area (Å²) in [4.78, 5) is 13.7. The predicted molar refractivity (Wildman–Crippen MR) is 70.8 cm³/mol. The average Bonchev–Trinajstić information content (AvgIpc) is 2.71. The number of aryl methyl sites for hydroxylation is 1. The Morgan fingerprint density at radius 3 is 2.47 bits per heavy atom. The van der Waals surface area contributed by atoms with Gasteiger partial charge in [0.05, 0.1) is 0 Å². The van der Waals surface area contributed by atoms with Crippen molar-refractivity contribution >= 4 is 25.6 Å². The van der Waals surface area contributed by atoms with Gasteiger partial charge in [0, 0.05) is 29.8 Å². The number of hydrogen-bond acceptors (Lipinski definition) is 4. The summed E-state index contributed by atoms with van der Waals surface area (Å²) in [5.74, 6) is 0.512. The quantitative estimate of drug-likeness (QED) is 0.787. The molecule has 0 radical (unpaired) electrons. The maximum absolute atomic E-state index is 12.2. The van der Waals surface area contributed by atoms with E-state index in [0.717, 1.165) is 12.8 Å². The molecule has 1 fully saturated rings. The van der Waals surface area contributed by atoms with Crippen molar-refractivity contribution in [2.45, 2.75) is 31.6 Å². The van der Waals surface area contributed by atoms with Gasteiger partial charge >= 0.3 is 0 Å². The number of furan rings is 1. The molecule has 2 heterocycles. The first kappa shape index (κ1) is 14.4. The van der Waals surface area contributed by atoms with E-state index in [9.17, 15) is 13.2 Å². The van der Waals surface area contributed by atoms with Gasteiger partial charge in [-0.1, -0.05) is 6.92 Å². The monoisotopic (exact) mass is 305 g/mol. The third-order valence-electron chi connectivity index (χ3n) is 3.42. The number of nitrogens with zero attached hydrogens (tertiary/aromatic N) is 1. The molecule has 0 saturated carbocycles. The Bertz CT molecular complexity index is 585.